The van der Waals surface area contributed by atoms with Gasteiger partial charge in [-0.2, -0.15) is 0 Å². The van der Waals surface area contributed by atoms with Crippen molar-refractivity contribution < 1.29 is 14.8 Å². The molecule has 2 atom stereocenters. The van der Waals surface area contributed by atoms with Crippen molar-refractivity contribution in [3.05, 3.63) is 17.9 Å². The number of ketones is 1. The van der Waals surface area contributed by atoms with Crippen molar-refractivity contribution >= 4 is 5.78 Å². The molecule has 0 aromatic rings. The monoisotopic (exact) mass is 227 g/mol. The van der Waals surface area contributed by atoms with Crippen LogP contribution in [0.25, 0.3) is 0 Å². The zero-order valence-corrected chi connectivity index (χ0v) is 10.5. The molecule has 0 radical (unpaired) electrons. The smallest absolute Gasteiger partial charge is 0.164 e. The van der Waals surface area contributed by atoms with E-state index in [4.69, 9.17) is 0 Å². The highest BCUT2D eigenvalue weighted by Gasteiger charge is 2.57. The molecular formula is C12H21NO3. The second-order valence-electron chi connectivity index (χ2n) is 5.74. The number of hydrogen-bond donors (Lipinski definition) is 1. The highest BCUT2D eigenvalue weighted by Crippen LogP contribution is 2.46. The predicted molar refractivity (Wildman–Crippen MR) is 61.5 cm³/mol. The normalized spacial score (nSPS) is 36.8. The molecule has 0 saturated carbocycles. The molecule has 1 heterocycles. The highest BCUT2D eigenvalue weighted by atomic mass is 16.8. The Balaban J connectivity index is 3.16. The molecule has 2 unspecified atom stereocenters. The third-order valence-corrected chi connectivity index (χ3v) is 4.04. The van der Waals surface area contributed by atoms with Crippen molar-refractivity contribution in [1.82, 2.24) is 0 Å². The van der Waals surface area contributed by atoms with Gasteiger partial charge in [-0.3, -0.25) is 4.79 Å². The van der Waals surface area contributed by atoms with Gasteiger partial charge in [-0.05, 0) is 40.2 Å². The molecule has 1 rings (SSSR count). The molecule has 16 heavy (non-hydrogen) atoms. The van der Waals surface area contributed by atoms with Gasteiger partial charge < -0.3 is 5.21 Å². The van der Waals surface area contributed by atoms with Crippen LogP contribution in [0.5, 0.6) is 0 Å². The van der Waals surface area contributed by atoms with Gasteiger partial charge in [-0.1, -0.05) is 6.58 Å². The molecule has 0 bridgehead atoms. The van der Waals surface area contributed by atoms with Gasteiger partial charge in [0.25, 0.3) is 0 Å². The van der Waals surface area contributed by atoms with E-state index in [0.717, 1.165) is 0 Å². The maximum atomic E-state index is 12.4. The van der Waals surface area contributed by atoms with E-state index in [1.165, 1.54) is 6.08 Å². The van der Waals surface area contributed by atoms with Gasteiger partial charge in [0.2, 0.25) is 0 Å². The average Bonchev–Trinajstić information content (AvgIpc) is 2.14. The first-order valence-electron chi connectivity index (χ1n) is 5.57. The Hall–Kier alpha value is -0.710. The standard InChI is InChI=1S/C12H21NO3/c1-6-10(14)9-7-8-11(2,3)13(15,16)12(9,4)5/h6,9,15H,1,7-8H2,2-5H3. The fourth-order valence-corrected chi connectivity index (χ4v) is 2.63. The minimum Gasteiger partial charge on any atom is -0.598 e. The van der Waals surface area contributed by atoms with Crippen LogP contribution < -0.4 is 0 Å². The lowest BCUT2D eigenvalue weighted by Gasteiger charge is -2.60. The molecule has 1 fully saturated rings. The lowest BCUT2D eigenvalue weighted by molar-refractivity contribution is -1.14. The Morgan fingerprint density at radius 3 is 2.44 bits per heavy atom. The van der Waals surface area contributed by atoms with Crippen molar-refractivity contribution in [1.29, 1.82) is 0 Å². The van der Waals surface area contributed by atoms with E-state index in [2.05, 4.69) is 6.58 Å². The van der Waals surface area contributed by atoms with E-state index in [1.54, 1.807) is 27.7 Å². The molecule has 1 N–H and O–H groups in total. The van der Waals surface area contributed by atoms with Crippen LogP contribution in [0, 0.1) is 11.1 Å². The molecule has 1 saturated heterocycles. The number of allylic oxidation sites excluding steroid dienone is 1. The maximum absolute atomic E-state index is 12.4. The summed E-state index contributed by atoms with van der Waals surface area (Å²) in [6.07, 6.45) is 2.39. The van der Waals surface area contributed by atoms with Crippen LogP contribution in [0.3, 0.4) is 0 Å². The second kappa shape index (κ2) is 3.65. The summed E-state index contributed by atoms with van der Waals surface area (Å²) in [6.45, 7) is 10.2. The number of carbonyl (C=O) groups is 1. The van der Waals surface area contributed by atoms with Crippen LogP contribution >= 0.6 is 0 Å². The summed E-state index contributed by atoms with van der Waals surface area (Å²) >= 11 is 0. The Kier molecular flexibility index (Phi) is 3.05. The summed E-state index contributed by atoms with van der Waals surface area (Å²) in [5.74, 6) is -0.617. The van der Waals surface area contributed by atoms with E-state index in [9.17, 15) is 15.2 Å². The number of carbonyl (C=O) groups excluding carboxylic acids is 1. The predicted octanol–water partition coefficient (Wildman–Crippen LogP) is 2.41. The lowest BCUT2D eigenvalue weighted by atomic mass is 9.71. The van der Waals surface area contributed by atoms with Crippen molar-refractivity contribution in [3.63, 3.8) is 0 Å². The van der Waals surface area contributed by atoms with Gasteiger partial charge in [0.15, 0.2) is 5.78 Å². The molecule has 0 aliphatic carbocycles. The molecule has 4 heteroatoms. The minimum atomic E-state index is -1.37. The summed E-state index contributed by atoms with van der Waals surface area (Å²) < 4.78 is 0. The van der Waals surface area contributed by atoms with Crippen LogP contribution in [0.4, 0.5) is 0 Å². The molecule has 4 nitrogen and oxygen atoms in total. The first-order chi connectivity index (χ1) is 7.08. The minimum absolute atomic E-state index is 0.159. The SMILES string of the molecule is C=CC(=O)C1CCC(C)(C)[N+]([O-])(O)C1(C)C. The van der Waals surface area contributed by atoms with Crippen LogP contribution in [0.15, 0.2) is 12.7 Å². The van der Waals surface area contributed by atoms with Crippen molar-refractivity contribution in [2.24, 2.45) is 5.92 Å². The number of rotatable bonds is 2. The number of hydrogen-bond acceptors (Lipinski definition) is 3. The van der Waals surface area contributed by atoms with Crippen LogP contribution in [-0.2, 0) is 4.79 Å². The number of hydroxylamine groups is 4. The van der Waals surface area contributed by atoms with E-state index < -0.39 is 21.8 Å². The fourth-order valence-electron chi connectivity index (χ4n) is 2.63. The fraction of sp³-hybridized carbons (Fsp3) is 0.750. The zero-order valence-electron chi connectivity index (χ0n) is 10.5. The highest BCUT2D eigenvalue weighted by molar-refractivity contribution is 5.92. The topological polar surface area (TPSA) is 60.4 Å². The van der Waals surface area contributed by atoms with E-state index >= 15 is 0 Å². The van der Waals surface area contributed by atoms with E-state index in [-0.39, 0.29) is 5.78 Å². The summed E-state index contributed by atoms with van der Waals surface area (Å²) in [5, 5.41) is 22.5. The maximum Gasteiger partial charge on any atom is 0.164 e. The number of nitrogens with zero attached hydrogens (tertiary/aromatic N) is 1. The molecule has 1 aliphatic rings. The van der Waals surface area contributed by atoms with E-state index in [1.807, 2.05) is 0 Å². The number of quaternary nitrogens is 1. The van der Waals surface area contributed by atoms with Crippen molar-refractivity contribution in [2.75, 3.05) is 0 Å². The van der Waals surface area contributed by atoms with Gasteiger partial charge >= 0.3 is 0 Å². The lowest BCUT2D eigenvalue weighted by Crippen LogP contribution is -2.72. The summed E-state index contributed by atoms with van der Waals surface area (Å²) in [7, 11) is 0. The quantitative estimate of drug-likeness (QED) is 0.447. The Labute approximate surface area is 96.7 Å². The Bertz CT molecular complexity index is 318. The van der Waals surface area contributed by atoms with Crippen molar-refractivity contribution in [2.45, 2.75) is 51.6 Å². The van der Waals surface area contributed by atoms with Gasteiger partial charge in [0.05, 0.1) is 5.92 Å². The number of piperidine rings is 1. The molecular weight excluding hydrogens is 206 g/mol. The first kappa shape index (κ1) is 13.4. The third-order valence-electron chi connectivity index (χ3n) is 4.04. The molecule has 0 amide bonds. The van der Waals surface area contributed by atoms with Crippen LogP contribution in [0.1, 0.15) is 40.5 Å². The third kappa shape index (κ3) is 1.61. The van der Waals surface area contributed by atoms with Gasteiger partial charge in [-0.25, -0.2) is 10.0 Å². The van der Waals surface area contributed by atoms with Crippen LogP contribution in [-0.4, -0.2) is 26.9 Å². The zero-order chi connectivity index (χ0) is 12.8. The molecule has 0 spiro atoms. The van der Waals surface area contributed by atoms with Gasteiger partial charge in [0, 0.05) is 6.42 Å². The Morgan fingerprint density at radius 2 is 2.00 bits per heavy atom. The largest absolute Gasteiger partial charge is 0.598 e. The van der Waals surface area contributed by atoms with E-state index in [0.29, 0.717) is 12.8 Å². The Morgan fingerprint density at radius 1 is 1.50 bits per heavy atom. The van der Waals surface area contributed by atoms with Crippen molar-refractivity contribution in [3.8, 4) is 0 Å². The molecule has 92 valence electrons. The van der Waals surface area contributed by atoms with Gasteiger partial charge in [-0.15, -0.1) is 0 Å². The second-order valence-corrected chi connectivity index (χ2v) is 5.74. The van der Waals surface area contributed by atoms with Gasteiger partial charge in [0.1, 0.15) is 11.1 Å². The van der Waals surface area contributed by atoms with Crippen LogP contribution in [0.2, 0.25) is 0 Å². The summed E-state index contributed by atoms with van der Waals surface area (Å²) in [4.78, 5) is 10.3. The first-order valence-corrected chi connectivity index (χ1v) is 5.57. The molecule has 1 aliphatic heterocycles. The summed E-state index contributed by atoms with van der Waals surface area (Å²) in [5.41, 5.74) is -1.81. The summed E-state index contributed by atoms with van der Waals surface area (Å²) in [6, 6.07) is 0. The molecule has 0 aromatic carbocycles. The average molecular weight is 227 g/mol. The molecule has 0 aromatic heterocycles.